The van der Waals surface area contributed by atoms with Gasteiger partial charge < -0.3 is 0 Å². The Kier molecular flexibility index (Phi) is 3.08. The standard InChI is InChI=1S/C10H10BrClN2/c11-9-2-3-10-8(6-9)7-13-14(10)5-1-4-12/h2-3,6-7H,1,4-5H2. The highest BCUT2D eigenvalue weighted by atomic mass is 79.9. The molecule has 1 heterocycles. The Hall–Kier alpha value is -0.540. The number of rotatable bonds is 3. The van der Waals surface area contributed by atoms with E-state index in [-0.39, 0.29) is 0 Å². The van der Waals surface area contributed by atoms with Crippen LogP contribution in [0.15, 0.2) is 28.9 Å². The summed E-state index contributed by atoms with van der Waals surface area (Å²) in [4.78, 5) is 0. The van der Waals surface area contributed by atoms with Crippen molar-refractivity contribution in [3.63, 3.8) is 0 Å². The van der Waals surface area contributed by atoms with Crippen LogP contribution >= 0.6 is 27.5 Å². The van der Waals surface area contributed by atoms with Crippen molar-refractivity contribution in [2.24, 2.45) is 0 Å². The highest BCUT2D eigenvalue weighted by Crippen LogP contribution is 2.19. The van der Waals surface area contributed by atoms with Gasteiger partial charge >= 0.3 is 0 Å². The number of hydrogen-bond acceptors (Lipinski definition) is 1. The predicted octanol–water partition coefficient (Wildman–Crippen LogP) is 3.43. The zero-order valence-corrected chi connectivity index (χ0v) is 9.92. The molecule has 74 valence electrons. The topological polar surface area (TPSA) is 17.8 Å². The van der Waals surface area contributed by atoms with Crippen molar-refractivity contribution in [1.29, 1.82) is 0 Å². The second-order valence-corrected chi connectivity index (χ2v) is 4.41. The van der Waals surface area contributed by atoms with Crippen molar-refractivity contribution in [2.45, 2.75) is 13.0 Å². The Labute approximate surface area is 96.0 Å². The van der Waals surface area contributed by atoms with Crippen molar-refractivity contribution in [1.82, 2.24) is 9.78 Å². The monoisotopic (exact) mass is 272 g/mol. The lowest BCUT2D eigenvalue weighted by Crippen LogP contribution is -1.99. The summed E-state index contributed by atoms with van der Waals surface area (Å²) in [5, 5.41) is 5.47. The van der Waals surface area contributed by atoms with Gasteiger partial charge in [0, 0.05) is 22.3 Å². The fourth-order valence-corrected chi connectivity index (χ4v) is 1.94. The van der Waals surface area contributed by atoms with Crippen LogP contribution < -0.4 is 0 Å². The van der Waals surface area contributed by atoms with Crippen LogP contribution in [0.4, 0.5) is 0 Å². The lowest BCUT2D eigenvalue weighted by atomic mass is 10.2. The van der Waals surface area contributed by atoms with Crippen LogP contribution in [-0.4, -0.2) is 15.7 Å². The van der Waals surface area contributed by atoms with Gasteiger partial charge in [0.1, 0.15) is 0 Å². The van der Waals surface area contributed by atoms with Crippen LogP contribution in [0.25, 0.3) is 10.9 Å². The second kappa shape index (κ2) is 4.32. The third kappa shape index (κ3) is 1.93. The minimum Gasteiger partial charge on any atom is -0.265 e. The minimum atomic E-state index is 0.678. The van der Waals surface area contributed by atoms with Crippen molar-refractivity contribution in [2.75, 3.05) is 5.88 Å². The summed E-state index contributed by atoms with van der Waals surface area (Å²) in [7, 11) is 0. The van der Waals surface area contributed by atoms with Crippen molar-refractivity contribution >= 4 is 38.4 Å². The first-order chi connectivity index (χ1) is 6.81. The molecule has 14 heavy (non-hydrogen) atoms. The van der Waals surface area contributed by atoms with Crippen LogP contribution in [-0.2, 0) is 6.54 Å². The predicted molar refractivity (Wildman–Crippen MR) is 62.8 cm³/mol. The number of aromatic nitrogens is 2. The molecule has 0 bridgehead atoms. The molecule has 0 saturated heterocycles. The summed E-state index contributed by atoms with van der Waals surface area (Å²) in [6.45, 7) is 0.884. The zero-order valence-electron chi connectivity index (χ0n) is 7.58. The Morgan fingerprint density at radius 2 is 2.29 bits per heavy atom. The van der Waals surface area contributed by atoms with E-state index in [4.69, 9.17) is 11.6 Å². The van der Waals surface area contributed by atoms with Crippen molar-refractivity contribution < 1.29 is 0 Å². The molecule has 2 rings (SSSR count). The number of aryl methyl sites for hydroxylation is 1. The average Bonchev–Trinajstić information content (AvgIpc) is 2.57. The van der Waals surface area contributed by atoms with E-state index in [9.17, 15) is 0 Å². The average molecular weight is 274 g/mol. The van der Waals surface area contributed by atoms with E-state index in [2.05, 4.69) is 33.2 Å². The van der Waals surface area contributed by atoms with Gasteiger partial charge in [-0.2, -0.15) is 5.10 Å². The van der Waals surface area contributed by atoms with Gasteiger partial charge in [0.2, 0.25) is 0 Å². The molecule has 0 radical (unpaired) electrons. The fraction of sp³-hybridized carbons (Fsp3) is 0.300. The summed E-state index contributed by atoms with van der Waals surface area (Å²) < 4.78 is 3.08. The van der Waals surface area contributed by atoms with Crippen LogP contribution in [0.2, 0.25) is 0 Å². The molecular formula is C10H10BrClN2. The van der Waals surface area contributed by atoms with E-state index in [0.717, 1.165) is 22.8 Å². The van der Waals surface area contributed by atoms with Gasteiger partial charge in [-0.1, -0.05) is 15.9 Å². The highest BCUT2D eigenvalue weighted by molar-refractivity contribution is 9.10. The molecule has 0 fully saturated rings. The fourth-order valence-electron chi connectivity index (χ4n) is 1.45. The molecule has 4 heteroatoms. The molecule has 2 nitrogen and oxygen atoms in total. The first-order valence-electron chi connectivity index (χ1n) is 4.48. The Morgan fingerprint density at radius 3 is 3.07 bits per heavy atom. The van der Waals surface area contributed by atoms with Crippen molar-refractivity contribution in [3.8, 4) is 0 Å². The summed E-state index contributed by atoms with van der Waals surface area (Å²) in [5.74, 6) is 0.678. The molecular weight excluding hydrogens is 263 g/mol. The zero-order chi connectivity index (χ0) is 9.97. The van der Waals surface area contributed by atoms with Gasteiger partial charge in [-0.25, -0.2) is 0 Å². The van der Waals surface area contributed by atoms with Gasteiger partial charge in [0.15, 0.2) is 0 Å². The first kappa shape index (κ1) is 9.99. The maximum absolute atomic E-state index is 5.65. The van der Waals surface area contributed by atoms with Gasteiger partial charge in [0.05, 0.1) is 11.7 Å². The molecule has 0 amide bonds. The molecule has 0 unspecified atom stereocenters. The number of hydrogen-bond donors (Lipinski definition) is 0. The molecule has 0 atom stereocenters. The molecule has 0 aliphatic rings. The maximum Gasteiger partial charge on any atom is 0.0683 e. The smallest absolute Gasteiger partial charge is 0.0683 e. The van der Waals surface area contributed by atoms with Gasteiger partial charge in [-0.3, -0.25) is 4.68 Å². The molecule has 0 aliphatic heterocycles. The number of benzene rings is 1. The third-order valence-electron chi connectivity index (χ3n) is 2.11. The lowest BCUT2D eigenvalue weighted by molar-refractivity contribution is 0.625. The van der Waals surface area contributed by atoms with Crippen LogP contribution in [0.5, 0.6) is 0 Å². The summed E-state index contributed by atoms with van der Waals surface area (Å²) in [5.41, 5.74) is 1.17. The third-order valence-corrected chi connectivity index (χ3v) is 2.87. The Bertz CT molecular complexity index is 439. The van der Waals surface area contributed by atoms with Gasteiger partial charge in [-0.05, 0) is 24.6 Å². The van der Waals surface area contributed by atoms with E-state index in [1.165, 1.54) is 5.52 Å². The largest absolute Gasteiger partial charge is 0.265 e. The highest BCUT2D eigenvalue weighted by Gasteiger charge is 2.01. The summed E-state index contributed by atoms with van der Waals surface area (Å²) in [6, 6.07) is 6.17. The number of halogens is 2. The molecule has 2 aromatic rings. The van der Waals surface area contributed by atoms with Crippen LogP contribution in [0.3, 0.4) is 0 Å². The van der Waals surface area contributed by atoms with E-state index >= 15 is 0 Å². The lowest BCUT2D eigenvalue weighted by Gasteiger charge is -2.00. The molecule has 0 aliphatic carbocycles. The van der Waals surface area contributed by atoms with Gasteiger partial charge in [-0.15, -0.1) is 11.6 Å². The maximum atomic E-state index is 5.65. The first-order valence-corrected chi connectivity index (χ1v) is 5.81. The van der Waals surface area contributed by atoms with E-state index in [1.54, 1.807) is 0 Å². The SMILES string of the molecule is ClCCCn1ncc2cc(Br)ccc21. The quantitative estimate of drug-likeness (QED) is 0.784. The molecule has 1 aromatic heterocycles. The number of nitrogens with zero attached hydrogens (tertiary/aromatic N) is 2. The molecule has 0 saturated carbocycles. The summed E-state index contributed by atoms with van der Waals surface area (Å²) >= 11 is 9.08. The van der Waals surface area contributed by atoms with Crippen LogP contribution in [0.1, 0.15) is 6.42 Å². The Morgan fingerprint density at radius 1 is 1.43 bits per heavy atom. The van der Waals surface area contributed by atoms with E-state index in [0.29, 0.717) is 5.88 Å². The molecule has 1 aromatic carbocycles. The number of fused-ring (bicyclic) bond motifs is 1. The van der Waals surface area contributed by atoms with Crippen LogP contribution in [0, 0.1) is 0 Å². The molecule has 0 spiro atoms. The van der Waals surface area contributed by atoms with E-state index < -0.39 is 0 Å². The molecule has 0 N–H and O–H groups in total. The summed E-state index contributed by atoms with van der Waals surface area (Å²) in [6.07, 6.45) is 2.84. The van der Waals surface area contributed by atoms with E-state index in [1.807, 2.05) is 16.9 Å². The normalized spacial score (nSPS) is 11.0. The van der Waals surface area contributed by atoms with Gasteiger partial charge in [0.25, 0.3) is 0 Å². The minimum absolute atomic E-state index is 0.678. The Balaban J connectivity index is 2.37. The number of alkyl halides is 1. The van der Waals surface area contributed by atoms with Crippen molar-refractivity contribution in [3.05, 3.63) is 28.9 Å². The second-order valence-electron chi connectivity index (χ2n) is 3.11.